The number of likely N-dealkylation sites (tertiary alicyclic amines) is 1. The highest BCUT2D eigenvalue weighted by molar-refractivity contribution is 5.85. The molecule has 106 valence electrons. The van der Waals surface area contributed by atoms with Crippen LogP contribution in [-0.4, -0.2) is 41.1 Å². The van der Waals surface area contributed by atoms with E-state index >= 15 is 0 Å². The summed E-state index contributed by atoms with van der Waals surface area (Å²) in [5, 5.41) is 9.41. The number of hydrogen-bond donors (Lipinski definition) is 2. The smallest absolute Gasteiger partial charge is 0.239 e. The topological polar surface area (TPSA) is 66.6 Å². The molecule has 0 unspecified atom stereocenters. The molecule has 1 saturated heterocycles. The summed E-state index contributed by atoms with van der Waals surface area (Å²) in [7, 11) is 0. The summed E-state index contributed by atoms with van der Waals surface area (Å²) in [5.74, 6) is -0.00856. The summed E-state index contributed by atoms with van der Waals surface area (Å²) in [5.41, 5.74) is 7.04. The molecule has 0 saturated carbocycles. The van der Waals surface area contributed by atoms with Gasteiger partial charge >= 0.3 is 0 Å². The van der Waals surface area contributed by atoms with E-state index in [1.165, 1.54) is 0 Å². The first-order valence-corrected chi connectivity index (χ1v) is 6.43. The van der Waals surface area contributed by atoms with Crippen molar-refractivity contribution < 1.29 is 9.90 Å². The quantitative estimate of drug-likeness (QED) is 0.869. The van der Waals surface area contributed by atoms with E-state index in [9.17, 15) is 9.90 Å². The van der Waals surface area contributed by atoms with Crippen LogP contribution in [0.2, 0.25) is 0 Å². The molecule has 1 amide bonds. The first-order valence-electron chi connectivity index (χ1n) is 6.43. The number of amides is 1. The molecule has 0 spiro atoms. The summed E-state index contributed by atoms with van der Waals surface area (Å²) in [4.78, 5) is 13.9. The molecule has 1 aliphatic rings. The third-order valence-corrected chi connectivity index (χ3v) is 3.39. The van der Waals surface area contributed by atoms with E-state index < -0.39 is 6.04 Å². The lowest BCUT2D eigenvalue weighted by Gasteiger charge is -2.31. The SMILES string of the molecule is Cl.N[C@H](Cc1ccccc1)C(=O)N1CCC(O)CC1. The zero-order chi connectivity index (χ0) is 13.0. The standard InChI is InChI=1S/C14H20N2O2.ClH/c15-13(10-11-4-2-1-3-5-11)14(18)16-8-6-12(17)7-9-16;/h1-5,12-13,17H,6-10,15H2;1H/t13-;/m1./s1. The molecule has 5 heteroatoms. The second-order valence-corrected chi connectivity index (χ2v) is 4.85. The molecule has 2 rings (SSSR count). The predicted octanol–water partition coefficient (Wildman–Crippen LogP) is 0.961. The summed E-state index contributed by atoms with van der Waals surface area (Å²) < 4.78 is 0. The van der Waals surface area contributed by atoms with E-state index in [0.717, 1.165) is 5.56 Å². The third kappa shape index (κ3) is 4.49. The molecule has 3 N–H and O–H groups in total. The Balaban J connectivity index is 0.00000180. The average molecular weight is 285 g/mol. The molecule has 1 aliphatic heterocycles. The van der Waals surface area contributed by atoms with Crippen molar-refractivity contribution in [3.8, 4) is 0 Å². The molecule has 1 fully saturated rings. The number of aliphatic hydroxyl groups excluding tert-OH is 1. The van der Waals surface area contributed by atoms with Crippen LogP contribution < -0.4 is 5.73 Å². The van der Waals surface area contributed by atoms with E-state index in [4.69, 9.17) is 5.73 Å². The Bertz CT molecular complexity index is 392. The maximum atomic E-state index is 12.1. The number of aliphatic hydroxyl groups is 1. The van der Waals surface area contributed by atoms with E-state index in [2.05, 4.69) is 0 Å². The molecule has 0 bridgehead atoms. The number of rotatable bonds is 3. The van der Waals surface area contributed by atoms with Gasteiger partial charge in [0.25, 0.3) is 0 Å². The number of carbonyl (C=O) groups excluding carboxylic acids is 1. The normalized spacial score (nSPS) is 17.7. The summed E-state index contributed by atoms with van der Waals surface area (Å²) in [6.45, 7) is 1.23. The summed E-state index contributed by atoms with van der Waals surface area (Å²) in [6.07, 6.45) is 1.62. The highest BCUT2D eigenvalue weighted by atomic mass is 35.5. The second kappa shape index (κ2) is 7.48. The van der Waals surface area contributed by atoms with Crippen molar-refractivity contribution in [3.63, 3.8) is 0 Å². The van der Waals surface area contributed by atoms with Crippen LogP contribution in [0.25, 0.3) is 0 Å². The lowest BCUT2D eigenvalue weighted by atomic mass is 10.0. The second-order valence-electron chi connectivity index (χ2n) is 4.85. The number of nitrogens with two attached hydrogens (primary N) is 1. The fourth-order valence-electron chi connectivity index (χ4n) is 2.28. The molecule has 1 aromatic carbocycles. The molecule has 19 heavy (non-hydrogen) atoms. The van der Waals surface area contributed by atoms with Gasteiger partial charge in [0.05, 0.1) is 12.1 Å². The molecule has 0 aliphatic carbocycles. The first kappa shape index (κ1) is 16.0. The van der Waals surface area contributed by atoms with Crippen LogP contribution >= 0.6 is 12.4 Å². The van der Waals surface area contributed by atoms with Gasteiger partial charge in [-0.3, -0.25) is 4.79 Å². The van der Waals surface area contributed by atoms with Crippen LogP contribution in [0, 0.1) is 0 Å². The van der Waals surface area contributed by atoms with Gasteiger partial charge in [-0.05, 0) is 24.8 Å². The minimum Gasteiger partial charge on any atom is -0.393 e. The Labute approximate surface area is 120 Å². The minimum absolute atomic E-state index is 0. The average Bonchev–Trinajstić information content (AvgIpc) is 2.40. The van der Waals surface area contributed by atoms with E-state index in [0.29, 0.717) is 32.4 Å². The van der Waals surface area contributed by atoms with E-state index in [-0.39, 0.29) is 24.4 Å². The fraction of sp³-hybridized carbons (Fsp3) is 0.500. The Morgan fingerprint density at radius 3 is 2.47 bits per heavy atom. The van der Waals surface area contributed by atoms with Gasteiger partial charge in [-0.2, -0.15) is 0 Å². The van der Waals surface area contributed by atoms with E-state index in [1.54, 1.807) is 4.90 Å². The van der Waals surface area contributed by atoms with E-state index in [1.807, 2.05) is 30.3 Å². The van der Waals surface area contributed by atoms with Crippen LogP contribution in [0.5, 0.6) is 0 Å². The van der Waals surface area contributed by atoms with Crippen LogP contribution in [0.4, 0.5) is 0 Å². The number of hydrogen-bond acceptors (Lipinski definition) is 3. The van der Waals surface area contributed by atoms with Crippen molar-refractivity contribution in [2.45, 2.75) is 31.4 Å². The van der Waals surface area contributed by atoms with Crippen LogP contribution in [0.15, 0.2) is 30.3 Å². The fourth-order valence-corrected chi connectivity index (χ4v) is 2.28. The maximum absolute atomic E-state index is 12.1. The Hall–Kier alpha value is -1.10. The van der Waals surface area contributed by atoms with Crippen molar-refractivity contribution >= 4 is 18.3 Å². The zero-order valence-corrected chi connectivity index (χ0v) is 11.7. The van der Waals surface area contributed by atoms with Crippen molar-refractivity contribution in [2.75, 3.05) is 13.1 Å². The van der Waals surface area contributed by atoms with Gasteiger partial charge in [0.2, 0.25) is 5.91 Å². The van der Waals surface area contributed by atoms with Gasteiger partial charge in [-0.15, -0.1) is 12.4 Å². The van der Waals surface area contributed by atoms with Crippen LogP contribution in [0.3, 0.4) is 0 Å². The molecule has 1 atom stereocenters. The molecular formula is C14H21ClN2O2. The molecule has 0 radical (unpaired) electrons. The number of nitrogens with zero attached hydrogens (tertiary/aromatic N) is 1. The van der Waals surface area contributed by atoms with Gasteiger partial charge < -0.3 is 15.7 Å². The van der Waals surface area contributed by atoms with Crippen molar-refractivity contribution in [1.82, 2.24) is 4.90 Å². The molecule has 0 aromatic heterocycles. The Kier molecular flexibility index (Phi) is 6.28. The van der Waals surface area contributed by atoms with Gasteiger partial charge in [0.1, 0.15) is 0 Å². The van der Waals surface area contributed by atoms with Crippen molar-refractivity contribution in [1.29, 1.82) is 0 Å². The summed E-state index contributed by atoms with van der Waals surface area (Å²) in [6, 6.07) is 9.32. The van der Waals surface area contributed by atoms with Gasteiger partial charge in [0.15, 0.2) is 0 Å². The van der Waals surface area contributed by atoms with Crippen LogP contribution in [-0.2, 0) is 11.2 Å². The Morgan fingerprint density at radius 1 is 1.32 bits per heavy atom. The van der Waals surface area contributed by atoms with Gasteiger partial charge in [0, 0.05) is 13.1 Å². The molecular weight excluding hydrogens is 264 g/mol. The minimum atomic E-state index is -0.484. The maximum Gasteiger partial charge on any atom is 0.239 e. The predicted molar refractivity (Wildman–Crippen MR) is 77.2 cm³/mol. The van der Waals surface area contributed by atoms with Gasteiger partial charge in [-0.25, -0.2) is 0 Å². The largest absolute Gasteiger partial charge is 0.393 e. The zero-order valence-electron chi connectivity index (χ0n) is 10.9. The monoisotopic (exact) mass is 284 g/mol. The highest BCUT2D eigenvalue weighted by Gasteiger charge is 2.25. The highest BCUT2D eigenvalue weighted by Crippen LogP contribution is 2.12. The third-order valence-electron chi connectivity index (χ3n) is 3.39. The lowest BCUT2D eigenvalue weighted by molar-refractivity contribution is -0.134. The lowest BCUT2D eigenvalue weighted by Crippen LogP contribution is -2.48. The molecule has 4 nitrogen and oxygen atoms in total. The number of halogens is 1. The summed E-state index contributed by atoms with van der Waals surface area (Å²) >= 11 is 0. The van der Waals surface area contributed by atoms with Gasteiger partial charge in [-0.1, -0.05) is 30.3 Å². The number of piperidine rings is 1. The van der Waals surface area contributed by atoms with Crippen LogP contribution in [0.1, 0.15) is 18.4 Å². The molecule has 1 heterocycles. The first-order chi connectivity index (χ1) is 8.66. The number of benzene rings is 1. The Morgan fingerprint density at radius 2 is 1.89 bits per heavy atom. The van der Waals surface area contributed by atoms with Crippen molar-refractivity contribution in [2.24, 2.45) is 5.73 Å². The molecule has 1 aromatic rings. The number of carbonyl (C=O) groups is 1. The van der Waals surface area contributed by atoms with Crippen molar-refractivity contribution in [3.05, 3.63) is 35.9 Å².